The molecule has 1 N–H and O–H groups in total. The van der Waals surface area contributed by atoms with Gasteiger partial charge >= 0.3 is 5.97 Å². The summed E-state index contributed by atoms with van der Waals surface area (Å²) >= 11 is 11.7. The Morgan fingerprint density at radius 2 is 2.08 bits per heavy atom. The molecule has 1 fully saturated rings. The van der Waals surface area contributed by atoms with Crippen molar-refractivity contribution in [1.29, 1.82) is 0 Å². The maximum Gasteiger partial charge on any atom is 0.303 e. The van der Waals surface area contributed by atoms with Crippen molar-refractivity contribution in [2.45, 2.75) is 31.0 Å². The maximum absolute atomic E-state index is 10.5. The summed E-state index contributed by atoms with van der Waals surface area (Å²) in [6.45, 7) is 3.77. The lowest BCUT2D eigenvalue weighted by Crippen LogP contribution is -2.21. The third kappa shape index (κ3) is 2.05. The number of hydrogen-bond donors (Lipinski definition) is 1. The number of carboxylic acid groups (broad SMARTS) is 1. The quantitative estimate of drug-likeness (QED) is 0.728. The van der Waals surface area contributed by atoms with Crippen LogP contribution in [0.5, 0.6) is 0 Å². The molecule has 1 unspecified atom stereocenters. The Hall–Kier alpha value is 0.0500. The molecule has 0 aromatic heterocycles. The molecule has 0 spiro atoms. The van der Waals surface area contributed by atoms with Crippen LogP contribution < -0.4 is 0 Å². The molecule has 70 valence electrons. The van der Waals surface area contributed by atoms with Crippen molar-refractivity contribution in [2.24, 2.45) is 11.3 Å². The normalized spacial score (nSPS) is 26.8. The molecule has 1 atom stereocenters. The summed E-state index contributed by atoms with van der Waals surface area (Å²) in [6.07, 6.45) is 0.829. The lowest BCUT2D eigenvalue weighted by molar-refractivity contribution is -0.139. The number of alkyl halides is 2. The highest BCUT2D eigenvalue weighted by Gasteiger charge is 2.59. The number of hydrogen-bond acceptors (Lipinski definition) is 1. The van der Waals surface area contributed by atoms with Gasteiger partial charge in [0.2, 0.25) is 0 Å². The lowest BCUT2D eigenvalue weighted by atomic mass is 9.84. The molecule has 0 radical (unpaired) electrons. The van der Waals surface area contributed by atoms with E-state index in [1.165, 1.54) is 0 Å². The molecule has 0 aromatic rings. The van der Waals surface area contributed by atoms with Crippen LogP contribution in [0.4, 0.5) is 0 Å². The fraction of sp³-hybridized carbons (Fsp3) is 0.875. The number of halogens is 2. The lowest BCUT2D eigenvalue weighted by Gasteiger charge is -2.22. The van der Waals surface area contributed by atoms with Crippen molar-refractivity contribution >= 4 is 29.2 Å². The molecule has 12 heavy (non-hydrogen) atoms. The average molecular weight is 211 g/mol. The minimum atomic E-state index is -0.795. The SMILES string of the molecule is CC(C)(CC(=O)O)C1CC1(Cl)Cl. The number of carboxylic acids is 1. The summed E-state index contributed by atoms with van der Waals surface area (Å²) in [5.41, 5.74) is -0.296. The summed E-state index contributed by atoms with van der Waals surface area (Å²) in [5.74, 6) is -0.680. The van der Waals surface area contributed by atoms with Crippen LogP contribution in [0.3, 0.4) is 0 Å². The van der Waals surface area contributed by atoms with Crippen LogP contribution in [0.15, 0.2) is 0 Å². The molecular formula is C8H12Cl2O2. The number of aliphatic carboxylic acids is 1. The van der Waals surface area contributed by atoms with Crippen LogP contribution in [0.1, 0.15) is 26.7 Å². The van der Waals surface area contributed by atoms with E-state index in [2.05, 4.69) is 0 Å². The van der Waals surface area contributed by atoms with Crippen LogP contribution >= 0.6 is 23.2 Å². The van der Waals surface area contributed by atoms with Gasteiger partial charge in [-0.15, -0.1) is 23.2 Å². The first kappa shape index (κ1) is 10.1. The number of carbonyl (C=O) groups is 1. The Bertz CT molecular complexity index is 211. The van der Waals surface area contributed by atoms with Crippen molar-refractivity contribution in [3.05, 3.63) is 0 Å². The van der Waals surface area contributed by atoms with Crippen molar-refractivity contribution in [2.75, 3.05) is 0 Å². The van der Waals surface area contributed by atoms with Crippen LogP contribution in [-0.4, -0.2) is 15.4 Å². The van der Waals surface area contributed by atoms with E-state index in [0.29, 0.717) is 6.42 Å². The fourth-order valence-corrected chi connectivity index (χ4v) is 2.47. The molecule has 0 amide bonds. The highest BCUT2D eigenvalue weighted by atomic mass is 35.5. The smallest absolute Gasteiger partial charge is 0.303 e. The first-order valence-corrected chi connectivity index (χ1v) is 4.61. The number of rotatable bonds is 3. The molecule has 1 rings (SSSR count). The molecule has 0 aromatic carbocycles. The summed E-state index contributed by atoms with van der Waals surface area (Å²) in [4.78, 5) is 10.5. The van der Waals surface area contributed by atoms with Crippen molar-refractivity contribution < 1.29 is 9.90 Å². The minimum absolute atomic E-state index is 0.115. The largest absolute Gasteiger partial charge is 0.481 e. The van der Waals surface area contributed by atoms with E-state index in [1.807, 2.05) is 13.8 Å². The standard InChI is InChI=1S/C8H12Cl2O2/c1-7(2,4-6(11)12)5-3-8(5,9)10/h5H,3-4H2,1-2H3,(H,11,12). The molecule has 0 aliphatic heterocycles. The van der Waals surface area contributed by atoms with Gasteiger partial charge in [0.05, 0.1) is 6.42 Å². The molecule has 2 nitrogen and oxygen atoms in total. The minimum Gasteiger partial charge on any atom is -0.481 e. The molecule has 4 heteroatoms. The van der Waals surface area contributed by atoms with Gasteiger partial charge in [-0.1, -0.05) is 13.8 Å². The van der Waals surface area contributed by atoms with Crippen LogP contribution in [0.25, 0.3) is 0 Å². The van der Waals surface area contributed by atoms with E-state index in [9.17, 15) is 4.79 Å². The summed E-state index contributed by atoms with van der Waals surface area (Å²) < 4.78 is -0.682. The van der Waals surface area contributed by atoms with Crippen LogP contribution in [0, 0.1) is 11.3 Å². The zero-order valence-corrected chi connectivity index (χ0v) is 8.61. The van der Waals surface area contributed by atoms with E-state index in [0.717, 1.165) is 0 Å². The monoisotopic (exact) mass is 210 g/mol. The third-order valence-electron chi connectivity index (χ3n) is 2.38. The van der Waals surface area contributed by atoms with Gasteiger partial charge in [-0.2, -0.15) is 0 Å². The van der Waals surface area contributed by atoms with E-state index in [-0.39, 0.29) is 17.8 Å². The van der Waals surface area contributed by atoms with Crippen LogP contribution in [0.2, 0.25) is 0 Å². The maximum atomic E-state index is 10.5. The van der Waals surface area contributed by atoms with Crippen molar-refractivity contribution in [1.82, 2.24) is 0 Å². The Balaban J connectivity index is 2.56. The summed E-state index contributed by atoms with van der Waals surface area (Å²) in [7, 11) is 0. The predicted octanol–water partition coefficient (Wildman–Crippen LogP) is 2.68. The molecule has 1 aliphatic carbocycles. The van der Waals surface area contributed by atoms with Crippen molar-refractivity contribution in [3.63, 3.8) is 0 Å². The predicted molar refractivity (Wildman–Crippen MR) is 48.6 cm³/mol. The average Bonchev–Trinajstić information content (AvgIpc) is 2.36. The van der Waals surface area contributed by atoms with Gasteiger partial charge in [-0.3, -0.25) is 4.79 Å². The summed E-state index contributed by atoms with van der Waals surface area (Å²) in [6, 6.07) is 0. The zero-order valence-electron chi connectivity index (χ0n) is 7.10. The second kappa shape index (κ2) is 2.78. The fourth-order valence-electron chi connectivity index (χ4n) is 1.57. The first-order valence-electron chi connectivity index (χ1n) is 3.85. The Kier molecular flexibility index (Phi) is 2.34. The highest BCUT2D eigenvalue weighted by molar-refractivity contribution is 6.50. The molecule has 0 saturated heterocycles. The van der Waals surface area contributed by atoms with Crippen LogP contribution in [-0.2, 0) is 4.79 Å². The van der Waals surface area contributed by atoms with Gasteiger partial charge in [0.25, 0.3) is 0 Å². The Labute approximate surface area is 81.9 Å². The second-order valence-electron chi connectivity index (χ2n) is 4.08. The van der Waals surface area contributed by atoms with Gasteiger partial charge in [0, 0.05) is 5.92 Å². The molecule has 0 heterocycles. The molecular weight excluding hydrogens is 199 g/mol. The second-order valence-corrected chi connectivity index (χ2v) is 5.62. The van der Waals surface area contributed by atoms with E-state index < -0.39 is 10.3 Å². The molecule has 1 saturated carbocycles. The summed E-state index contributed by atoms with van der Waals surface area (Å²) in [5, 5.41) is 8.61. The van der Waals surface area contributed by atoms with E-state index in [4.69, 9.17) is 28.3 Å². The van der Waals surface area contributed by atoms with E-state index >= 15 is 0 Å². The first-order chi connectivity index (χ1) is 5.26. The zero-order chi connectivity index (χ0) is 9.57. The third-order valence-corrected chi connectivity index (χ3v) is 3.21. The molecule has 1 aliphatic rings. The topological polar surface area (TPSA) is 37.3 Å². The Morgan fingerprint density at radius 1 is 1.67 bits per heavy atom. The van der Waals surface area contributed by atoms with Gasteiger partial charge in [-0.25, -0.2) is 0 Å². The molecule has 0 bridgehead atoms. The Morgan fingerprint density at radius 3 is 2.33 bits per heavy atom. The van der Waals surface area contributed by atoms with Gasteiger partial charge in [0.1, 0.15) is 4.33 Å². The highest BCUT2D eigenvalue weighted by Crippen LogP contribution is 2.62. The van der Waals surface area contributed by atoms with Gasteiger partial charge in [-0.05, 0) is 11.8 Å². The van der Waals surface area contributed by atoms with Gasteiger partial charge in [0.15, 0.2) is 0 Å². The van der Waals surface area contributed by atoms with Gasteiger partial charge < -0.3 is 5.11 Å². The van der Waals surface area contributed by atoms with Crippen molar-refractivity contribution in [3.8, 4) is 0 Å². The van der Waals surface area contributed by atoms with E-state index in [1.54, 1.807) is 0 Å².